The second-order valence-corrected chi connectivity index (χ2v) is 6.25. The molecule has 26 heavy (non-hydrogen) atoms. The molecule has 0 saturated heterocycles. The van der Waals surface area contributed by atoms with Crippen LogP contribution in [0.4, 0.5) is 5.69 Å². The average molecular weight is 374 g/mol. The van der Waals surface area contributed by atoms with Crippen LogP contribution in [0.1, 0.15) is 6.92 Å². The molecule has 1 heterocycles. The highest BCUT2D eigenvalue weighted by Gasteiger charge is 2.12. The highest BCUT2D eigenvalue weighted by atomic mass is 32.1. The van der Waals surface area contributed by atoms with Gasteiger partial charge in [0.25, 0.3) is 0 Å². The van der Waals surface area contributed by atoms with Crippen LogP contribution in [-0.2, 0) is 0 Å². The third kappa shape index (κ3) is 4.92. The molecular weight excluding hydrogens is 352 g/mol. The van der Waals surface area contributed by atoms with E-state index in [2.05, 4.69) is 10.6 Å². The Morgan fingerprint density at radius 2 is 1.77 bits per heavy atom. The Bertz CT molecular complexity index is 752. The summed E-state index contributed by atoms with van der Waals surface area (Å²) in [4.78, 5) is 0. The Kier molecular flexibility index (Phi) is 6.01. The Hall–Kier alpha value is -2.67. The van der Waals surface area contributed by atoms with Crippen molar-refractivity contribution < 1.29 is 18.9 Å². The smallest absolute Gasteiger partial charge is 0.171 e. The Morgan fingerprint density at radius 1 is 1.08 bits per heavy atom. The lowest BCUT2D eigenvalue weighted by Gasteiger charge is -2.20. The van der Waals surface area contributed by atoms with E-state index in [0.717, 1.165) is 28.7 Å². The van der Waals surface area contributed by atoms with Crippen LogP contribution in [0, 0.1) is 0 Å². The summed E-state index contributed by atoms with van der Waals surface area (Å²) in [7, 11) is 1.64. The molecule has 2 aromatic rings. The third-order valence-corrected chi connectivity index (χ3v) is 3.96. The van der Waals surface area contributed by atoms with Gasteiger partial charge in [0.15, 0.2) is 16.6 Å². The molecule has 138 valence electrons. The highest BCUT2D eigenvalue weighted by Crippen LogP contribution is 2.32. The van der Waals surface area contributed by atoms with Gasteiger partial charge in [-0.15, -0.1) is 0 Å². The fraction of sp³-hybridized carbons (Fsp3) is 0.316. The van der Waals surface area contributed by atoms with Gasteiger partial charge in [0.2, 0.25) is 0 Å². The molecule has 2 aromatic carbocycles. The fourth-order valence-corrected chi connectivity index (χ4v) is 2.77. The zero-order valence-corrected chi connectivity index (χ0v) is 15.6. The van der Waals surface area contributed by atoms with Crippen LogP contribution < -0.4 is 29.6 Å². The molecule has 0 bridgehead atoms. The van der Waals surface area contributed by atoms with Crippen LogP contribution in [-0.4, -0.2) is 38.1 Å². The van der Waals surface area contributed by atoms with Crippen LogP contribution in [0.2, 0.25) is 0 Å². The maximum Gasteiger partial charge on any atom is 0.171 e. The Balaban J connectivity index is 1.46. The van der Waals surface area contributed by atoms with Gasteiger partial charge < -0.3 is 29.6 Å². The first-order valence-electron chi connectivity index (χ1n) is 8.38. The summed E-state index contributed by atoms with van der Waals surface area (Å²) in [5.74, 6) is 3.06. The van der Waals surface area contributed by atoms with Gasteiger partial charge in [-0.3, -0.25) is 0 Å². The lowest BCUT2D eigenvalue weighted by molar-refractivity contribution is 0.171. The number of methoxy groups -OCH3 is 1. The zero-order chi connectivity index (χ0) is 18.4. The summed E-state index contributed by atoms with van der Waals surface area (Å²) in [5, 5.41) is 6.87. The van der Waals surface area contributed by atoms with Crippen molar-refractivity contribution in [2.45, 2.75) is 13.0 Å². The average Bonchev–Trinajstić information content (AvgIpc) is 2.66. The molecule has 1 aliphatic heterocycles. The number of fused-ring (bicyclic) bond motifs is 1. The molecule has 0 saturated carbocycles. The Morgan fingerprint density at radius 3 is 2.50 bits per heavy atom. The molecule has 7 heteroatoms. The number of thiocarbonyl (C=S) groups is 1. The molecule has 2 N–H and O–H groups in total. The van der Waals surface area contributed by atoms with Crippen molar-refractivity contribution in [2.24, 2.45) is 0 Å². The summed E-state index contributed by atoms with van der Waals surface area (Å²) < 4.78 is 22.0. The zero-order valence-electron chi connectivity index (χ0n) is 14.8. The lowest BCUT2D eigenvalue weighted by Crippen LogP contribution is -2.39. The second-order valence-electron chi connectivity index (χ2n) is 5.84. The first-order chi connectivity index (χ1) is 12.6. The van der Waals surface area contributed by atoms with E-state index in [9.17, 15) is 0 Å². The van der Waals surface area contributed by atoms with Crippen LogP contribution in [0.15, 0.2) is 42.5 Å². The quantitative estimate of drug-likeness (QED) is 0.753. The summed E-state index contributed by atoms with van der Waals surface area (Å²) in [5.41, 5.74) is 0.843. The maximum absolute atomic E-state index is 5.75. The summed E-state index contributed by atoms with van der Waals surface area (Å²) >= 11 is 5.36. The monoisotopic (exact) mass is 374 g/mol. The Labute approximate surface area is 158 Å². The van der Waals surface area contributed by atoms with Gasteiger partial charge in [-0.1, -0.05) is 0 Å². The van der Waals surface area contributed by atoms with Crippen LogP contribution in [0.5, 0.6) is 23.0 Å². The van der Waals surface area contributed by atoms with E-state index in [-0.39, 0.29) is 6.04 Å². The molecule has 6 nitrogen and oxygen atoms in total. The number of rotatable bonds is 6. The van der Waals surface area contributed by atoms with Crippen LogP contribution >= 0.6 is 12.2 Å². The lowest BCUT2D eigenvalue weighted by atomic mass is 10.2. The SMILES string of the molecule is COc1ccc(OC[C@@H](C)NC(=S)Nc2ccc3c(c2)OCCO3)cc1. The molecule has 0 spiro atoms. The highest BCUT2D eigenvalue weighted by molar-refractivity contribution is 7.80. The molecule has 0 unspecified atom stereocenters. The number of hydrogen-bond acceptors (Lipinski definition) is 5. The van der Waals surface area contributed by atoms with Gasteiger partial charge >= 0.3 is 0 Å². The van der Waals surface area contributed by atoms with E-state index in [1.807, 2.05) is 49.4 Å². The van der Waals surface area contributed by atoms with E-state index in [4.69, 9.17) is 31.2 Å². The van der Waals surface area contributed by atoms with Crippen molar-refractivity contribution in [1.82, 2.24) is 5.32 Å². The molecule has 0 amide bonds. The summed E-state index contributed by atoms with van der Waals surface area (Å²) in [6.45, 7) is 3.61. The molecule has 3 rings (SSSR count). The first-order valence-corrected chi connectivity index (χ1v) is 8.79. The second kappa shape index (κ2) is 8.62. The van der Waals surface area contributed by atoms with E-state index < -0.39 is 0 Å². The fourth-order valence-electron chi connectivity index (χ4n) is 2.45. The predicted octanol–water partition coefficient (Wildman–Crippen LogP) is 3.22. The van der Waals surface area contributed by atoms with Crippen molar-refractivity contribution in [3.8, 4) is 23.0 Å². The van der Waals surface area contributed by atoms with E-state index >= 15 is 0 Å². The number of nitrogens with one attached hydrogen (secondary N) is 2. The molecule has 1 atom stereocenters. The molecule has 0 radical (unpaired) electrons. The van der Waals surface area contributed by atoms with Gasteiger partial charge in [-0.25, -0.2) is 0 Å². The van der Waals surface area contributed by atoms with Gasteiger partial charge in [0, 0.05) is 11.8 Å². The van der Waals surface area contributed by atoms with Crippen molar-refractivity contribution in [1.29, 1.82) is 0 Å². The van der Waals surface area contributed by atoms with Crippen LogP contribution in [0.25, 0.3) is 0 Å². The standard InChI is InChI=1S/C19H22N2O4S/c1-13(12-25-16-6-4-15(22-2)5-7-16)20-19(26)21-14-3-8-17-18(11-14)24-10-9-23-17/h3-8,11,13H,9-10,12H2,1-2H3,(H2,20,21,26)/t13-/m1/s1. The first kappa shape index (κ1) is 18.1. The minimum absolute atomic E-state index is 0.0364. The van der Waals surface area contributed by atoms with E-state index in [1.54, 1.807) is 7.11 Å². The topological polar surface area (TPSA) is 61.0 Å². The number of ether oxygens (including phenoxy) is 4. The third-order valence-electron chi connectivity index (χ3n) is 3.74. The minimum Gasteiger partial charge on any atom is -0.497 e. The molecule has 0 aromatic heterocycles. The van der Waals surface area contributed by atoms with Crippen molar-refractivity contribution in [2.75, 3.05) is 32.2 Å². The maximum atomic E-state index is 5.75. The van der Waals surface area contributed by atoms with E-state index in [1.165, 1.54) is 0 Å². The number of benzene rings is 2. The van der Waals surface area contributed by atoms with Crippen LogP contribution in [0.3, 0.4) is 0 Å². The molecule has 1 aliphatic rings. The molecule has 0 aliphatic carbocycles. The minimum atomic E-state index is 0.0364. The van der Waals surface area contributed by atoms with Gasteiger partial charge in [0.05, 0.1) is 13.2 Å². The van der Waals surface area contributed by atoms with Gasteiger partial charge in [-0.2, -0.15) is 0 Å². The molecular formula is C19H22N2O4S. The normalized spacial score (nSPS) is 13.5. The number of anilines is 1. The molecule has 0 fully saturated rings. The summed E-state index contributed by atoms with van der Waals surface area (Å²) in [6, 6.07) is 13.2. The van der Waals surface area contributed by atoms with Gasteiger partial charge in [-0.05, 0) is 55.5 Å². The van der Waals surface area contributed by atoms with Gasteiger partial charge in [0.1, 0.15) is 31.3 Å². The predicted molar refractivity (Wildman–Crippen MR) is 105 cm³/mol. The van der Waals surface area contributed by atoms with E-state index in [0.29, 0.717) is 24.9 Å². The van der Waals surface area contributed by atoms with Crippen molar-refractivity contribution in [3.05, 3.63) is 42.5 Å². The number of hydrogen-bond donors (Lipinski definition) is 2. The van der Waals surface area contributed by atoms with Crippen molar-refractivity contribution >= 4 is 23.0 Å². The van der Waals surface area contributed by atoms with Crippen molar-refractivity contribution in [3.63, 3.8) is 0 Å². The largest absolute Gasteiger partial charge is 0.497 e. The summed E-state index contributed by atoms with van der Waals surface area (Å²) in [6.07, 6.45) is 0.